The summed E-state index contributed by atoms with van der Waals surface area (Å²) in [7, 11) is 0. The van der Waals surface area contributed by atoms with Crippen LogP contribution in [0.2, 0.25) is 0 Å². The van der Waals surface area contributed by atoms with Crippen molar-refractivity contribution in [3.05, 3.63) is 10.1 Å². The molecule has 2 amide bonds. The van der Waals surface area contributed by atoms with Gasteiger partial charge in [0, 0.05) is 31.1 Å². The number of carbonyl (C=O) groups excluding carboxylic acids is 2. The molecule has 0 N–H and O–H groups in total. The number of carbonyl (C=O) groups is 2. The summed E-state index contributed by atoms with van der Waals surface area (Å²) >= 11 is 0. The second kappa shape index (κ2) is 6.02. The molecule has 0 saturated carbocycles. The van der Waals surface area contributed by atoms with E-state index in [1.54, 1.807) is 6.92 Å². The van der Waals surface area contributed by atoms with Crippen LogP contribution in [-0.4, -0.2) is 66.1 Å². The quantitative estimate of drug-likeness (QED) is 0.496. The van der Waals surface area contributed by atoms with Crippen molar-refractivity contribution in [1.29, 1.82) is 0 Å². The largest absolute Gasteiger partial charge is 0.450 e. The number of nitro groups is 1. The summed E-state index contributed by atoms with van der Waals surface area (Å²) in [6.45, 7) is 2.65. The smallest absolute Gasteiger partial charge is 0.409 e. The van der Waals surface area contributed by atoms with E-state index in [1.807, 2.05) is 0 Å². The Morgan fingerprint density at radius 1 is 1.24 bits per heavy atom. The Morgan fingerprint density at radius 2 is 1.76 bits per heavy atom. The molecule has 0 aromatic heterocycles. The van der Waals surface area contributed by atoms with Gasteiger partial charge in [-0.1, -0.05) is 0 Å². The Labute approximate surface area is 98.3 Å². The second-order valence-corrected chi connectivity index (χ2v) is 3.56. The van der Waals surface area contributed by atoms with E-state index in [-0.39, 0.29) is 0 Å². The zero-order valence-electron chi connectivity index (χ0n) is 9.63. The third-order valence-electron chi connectivity index (χ3n) is 2.42. The van der Waals surface area contributed by atoms with Crippen LogP contribution >= 0.6 is 0 Å². The van der Waals surface area contributed by atoms with Gasteiger partial charge in [0.2, 0.25) is 0 Å². The summed E-state index contributed by atoms with van der Waals surface area (Å²) in [5.74, 6) is -0.515. The van der Waals surface area contributed by atoms with Gasteiger partial charge in [0.15, 0.2) is 0 Å². The van der Waals surface area contributed by atoms with Crippen LogP contribution in [0.1, 0.15) is 6.92 Å². The highest BCUT2D eigenvalue weighted by Gasteiger charge is 2.26. The van der Waals surface area contributed by atoms with Crippen molar-refractivity contribution >= 4 is 12.0 Å². The molecule has 1 heterocycles. The molecule has 0 bridgehead atoms. The Bertz CT molecular complexity index is 312. The third kappa shape index (κ3) is 3.89. The minimum Gasteiger partial charge on any atom is -0.450 e. The number of hydrogen-bond acceptors (Lipinski definition) is 5. The summed E-state index contributed by atoms with van der Waals surface area (Å²) in [5, 5.41) is 10.2. The lowest BCUT2D eigenvalue weighted by molar-refractivity contribution is -0.468. The molecule has 1 rings (SSSR count). The van der Waals surface area contributed by atoms with Crippen LogP contribution in [0.3, 0.4) is 0 Å². The Balaban J connectivity index is 2.37. The lowest BCUT2D eigenvalue weighted by Gasteiger charge is -2.33. The highest BCUT2D eigenvalue weighted by atomic mass is 16.6. The number of rotatable bonds is 3. The molecule has 1 fully saturated rings. The van der Waals surface area contributed by atoms with E-state index in [1.165, 1.54) is 9.80 Å². The van der Waals surface area contributed by atoms with Crippen molar-refractivity contribution in [3.8, 4) is 0 Å². The Kier molecular flexibility index (Phi) is 4.68. The first kappa shape index (κ1) is 13.2. The molecule has 0 aromatic rings. The minimum absolute atomic E-state index is 0.305. The fourth-order valence-electron chi connectivity index (χ4n) is 1.56. The second-order valence-electron chi connectivity index (χ2n) is 3.56. The highest BCUT2D eigenvalue weighted by Crippen LogP contribution is 2.04. The van der Waals surface area contributed by atoms with Gasteiger partial charge in [0.25, 0.3) is 12.5 Å². The minimum atomic E-state index is -0.695. The molecule has 1 aliphatic heterocycles. The summed E-state index contributed by atoms with van der Waals surface area (Å²) in [6, 6.07) is 0. The molecule has 0 atom stereocenters. The van der Waals surface area contributed by atoms with Gasteiger partial charge in [-0.25, -0.2) is 4.79 Å². The predicted octanol–water partition coefficient (Wildman–Crippen LogP) is -0.436. The predicted molar refractivity (Wildman–Crippen MR) is 57.0 cm³/mol. The topological polar surface area (TPSA) is 93.0 Å². The van der Waals surface area contributed by atoms with Gasteiger partial charge in [-0.2, -0.15) is 0 Å². The van der Waals surface area contributed by atoms with E-state index in [9.17, 15) is 19.7 Å². The van der Waals surface area contributed by atoms with Gasteiger partial charge < -0.3 is 14.5 Å². The van der Waals surface area contributed by atoms with Crippen LogP contribution in [-0.2, 0) is 9.53 Å². The molecule has 0 radical (unpaired) electrons. The molecule has 8 nitrogen and oxygen atoms in total. The lowest BCUT2D eigenvalue weighted by atomic mass is 10.3. The summed E-state index contributed by atoms with van der Waals surface area (Å²) in [6.07, 6.45) is -0.408. The van der Waals surface area contributed by atoms with Crippen molar-refractivity contribution in [3.63, 3.8) is 0 Å². The molecule has 17 heavy (non-hydrogen) atoms. The van der Waals surface area contributed by atoms with Gasteiger partial charge >= 0.3 is 6.09 Å². The fourth-order valence-corrected chi connectivity index (χ4v) is 1.56. The van der Waals surface area contributed by atoms with E-state index in [2.05, 4.69) is 0 Å². The molecule has 0 aliphatic carbocycles. The van der Waals surface area contributed by atoms with Gasteiger partial charge in [-0.05, 0) is 6.92 Å². The van der Waals surface area contributed by atoms with Gasteiger partial charge in [-0.15, -0.1) is 0 Å². The van der Waals surface area contributed by atoms with E-state index in [0.29, 0.717) is 32.8 Å². The summed E-state index contributed by atoms with van der Waals surface area (Å²) in [4.78, 5) is 35.1. The zero-order chi connectivity index (χ0) is 12.8. The summed E-state index contributed by atoms with van der Waals surface area (Å²) in [5.41, 5.74) is 0. The van der Waals surface area contributed by atoms with Crippen molar-refractivity contribution in [1.82, 2.24) is 9.80 Å². The molecule has 1 saturated heterocycles. The maximum atomic E-state index is 11.4. The molecule has 0 aromatic carbocycles. The number of nitrogens with zero attached hydrogens (tertiary/aromatic N) is 3. The van der Waals surface area contributed by atoms with Crippen LogP contribution in [0.5, 0.6) is 0 Å². The average Bonchev–Trinajstić information content (AvgIpc) is 2.28. The van der Waals surface area contributed by atoms with Crippen molar-refractivity contribution in [2.24, 2.45) is 0 Å². The Hall–Kier alpha value is -1.86. The van der Waals surface area contributed by atoms with E-state index >= 15 is 0 Å². The Morgan fingerprint density at radius 3 is 2.24 bits per heavy atom. The van der Waals surface area contributed by atoms with Gasteiger partial charge in [0.05, 0.1) is 6.61 Å². The third-order valence-corrected chi connectivity index (χ3v) is 2.42. The lowest BCUT2D eigenvalue weighted by Crippen LogP contribution is -2.51. The van der Waals surface area contributed by atoms with Crippen LogP contribution in [0, 0.1) is 10.1 Å². The van der Waals surface area contributed by atoms with Crippen LogP contribution < -0.4 is 0 Å². The number of amides is 2. The fraction of sp³-hybridized carbons (Fsp3) is 0.778. The first-order valence-electron chi connectivity index (χ1n) is 5.36. The molecule has 8 heteroatoms. The van der Waals surface area contributed by atoms with Gasteiger partial charge in [-0.3, -0.25) is 14.9 Å². The van der Waals surface area contributed by atoms with Crippen molar-refractivity contribution < 1.29 is 19.2 Å². The molecule has 0 unspecified atom stereocenters. The number of piperazine rings is 1. The molecular formula is C9H15N3O5. The first-order chi connectivity index (χ1) is 8.04. The van der Waals surface area contributed by atoms with Gasteiger partial charge in [0.1, 0.15) is 0 Å². The monoisotopic (exact) mass is 245 g/mol. The van der Waals surface area contributed by atoms with Crippen LogP contribution in [0.25, 0.3) is 0 Å². The SMILES string of the molecule is CCOC(=O)N1CCN(C(=O)C[N+](=O)[O-])CC1. The zero-order valence-corrected chi connectivity index (χ0v) is 9.63. The maximum absolute atomic E-state index is 11.4. The van der Waals surface area contributed by atoms with Crippen molar-refractivity contribution in [2.45, 2.75) is 6.92 Å². The summed E-state index contributed by atoms with van der Waals surface area (Å²) < 4.78 is 4.82. The molecule has 1 aliphatic rings. The first-order valence-corrected chi connectivity index (χ1v) is 5.36. The standard InChI is InChI=1S/C9H15N3O5/c1-2-17-9(14)11-5-3-10(4-6-11)8(13)7-12(15)16/h2-7H2,1H3. The van der Waals surface area contributed by atoms with E-state index in [0.717, 1.165) is 0 Å². The van der Waals surface area contributed by atoms with E-state index in [4.69, 9.17) is 4.74 Å². The molecule has 96 valence electrons. The molecule has 0 spiro atoms. The normalized spacial score (nSPS) is 15.6. The molecular weight excluding hydrogens is 230 g/mol. The maximum Gasteiger partial charge on any atom is 0.409 e. The number of hydrogen-bond donors (Lipinski definition) is 0. The van der Waals surface area contributed by atoms with Crippen molar-refractivity contribution in [2.75, 3.05) is 39.3 Å². The van der Waals surface area contributed by atoms with Crippen LogP contribution in [0.4, 0.5) is 4.79 Å². The average molecular weight is 245 g/mol. The number of ether oxygens (including phenoxy) is 1. The van der Waals surface area contributed by atoms with E-state index < -0.39 is 23.5 Å². The van der Waals surface area contributed by atoms with Crippen LogP contribution in [0.15, 0.2) is 0 Å². The highest BCUT2D eigenvalue weighted by molar-refractivity contribution is 5.77.